The summed E-state index contributed by atoms with van der Waals surface area (Å²) in [6.45, 7) is 1.59. The third kappa shape index (κ3) is 2.62. The van der Waals surface area contributed by atoms with E-state index in [0.717, 1.165) is 25.9 Å². The number of nitrogens with zero attached hydrogens (tertiary/aromatic N) is 3. The number of carbonyl (C=O) groups excluding carboxylic acids is 1. The molecule has 0 aromatic carbocycles. The highest BCUT2D eigenvalue weighted by Crippen LogP contribution is 2.16. The van der Waals surface area contributed by atoms with E-state index in [9.17, 15) is 9.59 Å². The summed E-state index contributed by atoms with van der Waals surface area (Å²) < 4.78 is 7.29. The van der Waals surface area contributed by atoms with Gasteiger partial charge in [-0.25, -0.2) is 0 Å². The van der Waals surface area contributed by atoms with Crippen molar-refractivity contribution in [2.75, 3.05) is 19.7 Å². The number of hydrogen-bond donors (Lipinski definition) is 1. The van der Waals surface area contributed by atoms with E-state index in [0.29, 0.717) is 22.6 Å². The van der Waals surface area contributed by atoms with Crippen LogP contribution in [0.25, 0.3) is 16.7 Å². The van der Waals surface area contributed by atoms with Crippen LogP contribution < -0.4 is 10.3 Å². The molecule has 24 heavy (non-hydrogen) atoms. The highest BCUT2D eigenvalue weighted by Gasteiger charge is 2.17. The standard InChI is InChI=1S/C17H18N4O3/c22-15(20-8-2-1-3-9-20)11-24-14-7-6-12-16(19-14)21-10-4-5-13(21)17(23)18-12/h4-7,10H,1-3,8-9,11H2,(H,18,23). The molecule has 3 aromatic heterocycles. The monoisotopic (exact) mass is 326 g/mol. The van der Waals surface area contributed by atoms with E-state index < -0.39 is 0 Å². The normalized spacial score (nSPS) is 15.1. The molecule has 7 nitrogen and oxygen atoms in total. The minimum Gasteiger partial charge on any atom is -0.467 e. The van der Waals surface area contributed by atoms with Crippen molar-refractivity contribution in [3.63, 3.8) is 0 Å². The average Bonchev–Trinajstić information content (AvgIpc) is 3.11. The number of likely N-dealkylation sites (tertiary alicyclic amines) is 1. The molecule has 0 aliphatic carbocycles. The van der Waals surface area contributed by atoms with Crippen molar-refractivity contribution in [2.24, 2.45) is 0 Å². The lowest BCUT2D eigenvalue weighted by Gasteiger charge is -2.26. The fraction of sp³-hybridized carbons (Fsp3) is 0.353. The van der Waals surface area contributed by atoms with Gasteiger partial charge in [0.1, 0.15) is 5.52 Å². The first-order valence-electron chi connectivity index (χ1n) is 8.13. The Balaban J connectivity index is 1.57. The Bertz CT molecular complexity index is 953. The summed E-state index contributed by atoms with van der Waals surface area (Å²) in [6, 6.07) is 6.92. The van der Waals surface area contributed by atoms with E-state index in [2.05, 4.69) is 9.97 Å². The van der Waals surface area contributed by atoms with Gasteiger partial charge in [-0.1, -0.05) is 0 Å². The number of aromatic amines is 1. The number of nitrogens with one attached hydrogen (secondary N) is 1. The Labute approximate surface area is 137 Å². The first kappa shape index (κ1) is 14.7. The molecule has 0 atom stereocenters. The van der Waals surface area contributed by atoms with E-state index in [1.165, 1.54) is 6.42 Å². The second-order valence-corrected chi connectivity index (χ2v) is 5.97. The molecule has 0 spiro atoms. The maximum absolute atomic E-state index is 12.2. The SMILES string of the molecule is O=C(COc1ccc2[nH]c(=O)c3cccn3c2n1)N1CCCCC1. The van der Waals surface area contributed by atoms with Crippen molar-refractivity contribution in [1.29, 1.82) is 0 Å². The number of hydrogen-bond acceptors (Lipinski definition) is 4. The van der Waals surface area contributed by atoms with E-state index >= 15 is 0 Å². The van der Waals surface area contributed by atoms with Crippen LogP contribution in [0.4, 0.5) is 0 Å². The van der Waals surface area contributed by atoms with Crippen LogP contribution in [0.15, 0.2) is 35.3 Å². The predicted octanol–water partition coefficient (Wildman–Crippen LogP) is 1.57. The molecule has 1 saturated heterocycles. The number of amides is 1. The van der Waals surface area contributed by atoms with E-state index in [1.807, 2.05) is 4.90 Å². The van der Waals surface area contributed by atoms with Crippen molar-refractivity contribution in [1.82, 2.24) is 19.3 Å². The fourth-order valence-corrected chi connectivity index (χ4v) is 3.10. The van der Waals surface area contributed by atoms with Gasteiger partial charge in [-0.05, 0) is 37.5 Å². The summed E-state index contributed by atoms with van der Waals surface area (Å²) in [5, 5.41) is 0. The predicted molar refractivity (Wildman–Crippen MR) is 89.2 cm³/mol. The maximum Gasteiger partial charge on any atom is 0.272 e. The molecule has 124 valence electrons. The molecular formula is C17H18N4O3. The molecule has 4 rings (SSSR count). The van der Waals surface area contributed by atoms with Crippen molar-refractivity contribution in [2.45, 2.75) is 19.3 Å². The first-order chi connectivity index (χ1) is 11.7. The Hall–Kier alpha value is -2.83. The number of rotatable bonds is 3. The molecule has 1 aliphatic rings. The minimum absolute atomic E-state index is 0.0100. The Morgan fingerprint density at radius 3 is 2.88 bits per heavy atom. The summed E-state index contributed by atoms with van der Waals surface area (Å²) in [6.07, 6.45) is 5.07. The third-order valence-corrected chi connectivity index (χ3v) is 4.36. The van der Waals surface area contributed by atoms with E-state index in [-0.39, 0.29) is 18.1 Å². The fourth-order valence-electron chi connectivity index (χ4n) is 3.10. The van der Waals surface area contributed by atoms with Crippen LogP contribution in [0.1, 0.15) is 19.3 Å². The third-order valence-electron chi connectivity index (χ3n) is 4.36. The highest BCUT2D eigenvalue weighted by atomic mass is 16.5. The average molecular weight is 326 g/mol. The summed E-state index contributed by atoms with van der Waals surface area (Å²) in [5.74, 6) is 0.360. The molecule has 1 N–H and O–H groups in total. The Morgan fingerprint density at radius 2 is 2.04 bits per heavy atom. The summed E-state index contributed by atoms with van der Waals surface area (Å²) in [4.78, 5) is 33.2. The van der Waals surface area contributed by atoms with Crippen LogP contribution >= 0.6 is 0 Å². The molecule has 0 radical (unpaired) electrons. The number of carbonyl (C=O) groups is 1. The number of ether oxygens (including phenoxy) is 1. The van der Waals surface area contributed by atoms with Gasteiger partial charge in [-0.3, -0.25) is 14.0 Å². The van der Waals surface area contributed by atoms with Crippen molar-refractivity contribution in [3.05, 3.63) is 40.8 Å². The van der Waals surface area contributed by atoms with Crippen LogP contribution in [0, 0.1) is 0 Å². The van der Waals surface area contributed by atoms with Crippen LogP contribution in [-0.4, -0.2) is 44.9 Å². The van der Waals surface area contributed by atoms with Gasteiger partial charge in [-0.15, -0.1) is 0 Å². The van der Waals surface area contributed by atoms with Gasteiger partial charge in [0.05, 0.1) is 5.52 Å². The molecule has 1 aliphatic heterocycles. The van der Waals surface area contributed by atoms with E-state index in [1.54, 1.807) is 34.9 Å². The summed E-state index contributed by atoms with van der Waals surface area (Å²) in [5.41, 5.74) is 1.58. The van der Waals surface area contributed by atoms with Gasteiger partial charge >= 0.3 is 0 Å². The van der Waals surface area contributed by atoms with Crippen molar-refractivity contribution >= 4 is 22.6 Å². The van der Waals surface area contributed by atoms with Crippen LogP contribution in [0.3, 0.4) is 0 Å². The quantitative estimate of drug-likeness (QED) is 0.792. The van der Waals surface area contributed by atoms with Crippen molar-refractivity contribution < 1.29 is 9.53 Å². The second kappa shape index (κ2) is 5.99. The summed E-state index contributed by atoms with van der Waals surface area (Å²) >= 11 is 0. The zero-order valence-electron chi connectivity index (χ0n) is 13.2. The first-order valence-corrected chi connectivity index (χ1v) is 8.13. The minimum atomic E-state index is -0.164. The molecule has 1 amide bonds. The van der Waals surface area contributed by atoms with Gasteiger partial charge in [0.25, 0.3) is 11.5 Å². The Kier molecular flexibility index (Phi) is 3.68. The molecule has 3 aromatic rings. The molecule has 0 unspecified atom stereocenters. The lowest BCUT2D eigenvalue weighted by atomic mass is 10.1. The lowest BCUT2D eigenvalue weighted by molar-refractivity contribution is -0.134. The molecule has 1 fully saturated rings. The molecule has 0 saturated carbocycles. The summed E-state index contributed by atoms with van der Waals surface area (Å²) in [7, 11) is 0. The van der Waals surface area contributed by atoms with Gasteiger partial charge in [-0.2, -0.15) is 4.98 Å². The molecule has 4 heterocycles. The van der Waals surface area contributed by atoms with Crippen LogP contribution in [-0.2, 0) is 4.79 Å². The van der Waals surface area contributed by atoms with Gasteiger partial charge in [0.15, 0.2) is 12.3 Å². The highest BCUT2D eigenvalue weighted by molar-refractivity contribution is 5.78. The Morgan fingerprint density at radius 1 is 1.21 bits per heavy atom. The second-order valence-electron chi connectivity index (χ2n) is 5.97. The topological polar surface area (TPSA) is 79.7 Å². The number of fused-ring (bicyclic) bond motifs is 3. The zero-order chi connectivity index (χ0) is 16.5. The molecule has 7 heteroatoms. The van der Waals surface area contributed by atoms with Gasteiger partial charge in [0.2, 0.25) is 5.88 Å². The molecular weight excluding hydrogens is 308 g/mol. The van der Waals surface area contributed by atoms with Crippen molar-refractivity contribution in [3.8, 4) is 5.88 Å². The number of H-pyrrole nitrogens is 1. The van der Waals surface area contributed by atoms with Crippen LogP contribution in [0.5, 0.6) is 5.88 Å². The van der Waals surface area contributed by atoms with Gasteiger partial charge < -0.3 is 14.6 Å². The largest absolute Gasteiger partial charge is 0.467 e. The van der Waals surface area contributed by atoms with Gasteiger partial charge in [0, 0.05) is 25.4 Å². The number of piperidine rings is 1. The van der Waals surface area contributed by atoms with Crippen LogP contribution in [0.2, 0.25) is 0 Å². The lowest BCUT2D eigenvalue weighted by Crippen LogP contribution is -2.38. The number of pyridine rings is 1. The molecule has 0 bridgehead atoms. The zero-order valence-corrected chi connectivity index (χ0v) is 13.2. The van der Waals surface area contributed by atoms with E-state index in [4.69, 9.17) is 4.74 Å². The smallest absolute Gasteiger partial charge is 0.272 e. The maximum atomic E-state index is 12.2. The number of aromatic nitrogens is 3.